The third-order valence-electron chi connectivity index (χ3n) is 4.02. The van der Waals surface area contributed by atoms with E-state index in [0.717, 1.165) is 26.1 Å². The molecule has 0 radical (unpaired) electrons. The second-order valence-corrected chi connectivity index (χ2v) is 7.01. The van der Waals surface area contributed by atoms with Gasteiger partial charge in [-0.3, -0.25) is 9.69 Å². The summed E-state index contributed by atoms with van der Waals surface area (Å²) in [6, 6.07) is 20.9. The van der Waals surface area contributed by atoms with E-state index in [1.807, 2.05) is 12.1 Å². The third kappa shape index (κ3) is 9.78. The molecule has 0 fully saturated rings. The quantitative estimate of drug-likeness (QED) is 0.617. The molecular weight excluding hydrogens is 381 g/mol. The van der Waals surface area contributed by atoms with Crippen LogP contribution in [0, 0.1) is 0 Å². The van der Waals surface area contributed by atoms with Crippen molar-refractivity contribution in [2.45, 2.75) is 38.9 Å². The van der Waals surface area contributed by atoms with Crippen LogP contribution in [-0.2, 0) is 17.9 Å². The number of benzene rings is 2. The number of nitrogens with zero attached hydrogens (tertiary/aromatic N) is 1. The molecule has 150 valence electrons. The van der Waals surface area contributed by atoms with Crippen LogP contribution in [0.1, 0.15) is 31.4 Å². The Bertz CT molecular complexity index is 604. The molecule has 2 aromatic rings. The number of rotatable bonds is 9. The lowest BCUT2D eigenvalue weighted by atomic mass is 10.1. The molecule has 2 aromatic carbocycles. The summed E-state index contributed by atoms with van der Waals surface area (Å²) in [4.78, 5) is 14.2. The minimum Gasteiger partial charge on any atom is -0.354 e. The molecule has 0 aliphatic carbocycles. The van der Waals surface area contributed by atoms with Gasteiger partial charge in [-0.2, -0.15) is 0 Å². The maximum Gasteiger partial charge on any atom is 0.239 e. The molecule has 0 aliphatic rings. The van der Waals surface area contributed by atoms with Gasteiger partial charge >= 0.3 is 0 Å². The maximum atomic E-state index is 11.8. The van der Waals surface area contributed by atoms with E-state index in [-0.39, 0.29) is 30.7 Å². The highest BCUT2D eigenvalue weighted by molar-refractivity contribution is 5.85. The first kappa shape index (κ1) is 25.4. The van der Waals surface area contributed by atoms with Crippen LogP contribution < -0.4 is 11.1 Å². The fourth-order valence-electron chi connectivity index (χ4n) is 2.63. The lowest BCUT2D eigenvalue weighted by Gasteiger charge is -2.23. The molecule has 0 saturated carbocycles. The summed E-state index contributed by atoms with van der Waals surface area (Å²) in [6.45, 7) is 6.78. The molecule has 0 bridgehead atoms. The summed E-state index contributed by atoms with van der Waals surface area (Å²) in [7, 11) is 0. The second-order valence-electron chi connectivity index (χ2n) is 7.01. The lowest BCUT2D eigenvalue weighted by molar-refractivity contribution is -0.125. The summed E-state index contributed by atoms with van der Waals surface area (Å²) in [6.07, 6.45) is 0.890. The van der Waals surface area contributed by atoms with Gasteiger partial charge in [-0.15, -0.1) is 24.8 Å². The summed E-state index contributed by atoms with van der Waals surface area (Å²) in [5.41, 5.74) is 7.57. The molecule has 1 amide bonds. The highest BCUT2D eigenvalue weighted by Crippen LogP contribution is 2.10. The minimum absolute atomic E-state index is 0. The van der Waals surface area contributed by atoms with Crippen LogP contribution in [0.4, 0.5) is 0 Å². The Morgan fingerprint density at radius 3 is 1.78 bits per heavy atom. The summed E-state index contributed by atoms with van der Waals surface area (Å²) < 4.78 is 0. The molecule has 0 unspecified atom stereocenters. The normalized spacial score (nSPS) is 10.7. The zero-order valence-corrected chi connectivity index (χ0v) is 17.7. The van der Waals surface area contributed by atoms with Crippen LogP contribution in [0.15, 0.2) is 60.7 Å². The molecule has 0 aliphatic heterocycles. The van der Waals surface area contributed by atoms with Crippen LogP contribution in [-0.4, -0.2) is 29.4 Å². The standard InChI is InChI=1S/C21H29N3O.2ClH/c1-21(2,22)20(25)23-14-9-15-24(16-18-10-5-3-6-11-18)17-19-12-7-4-8-13-19;;/h3-8,10-13H,9,14-17,22H2,1-2H3,(H,23,25);2*1H. The molecule has 2 rings (SSSR count). The Labute approximate surface area is 175 Å². The molecule has 0 aromatic heterocycles. The van der Waals surface area contributed by atoms with Gasteiger partial charge in [-0.05, 0) is 31.4 Å². The Hall–Kier alpha value is -1.59. The van der Waals surface area contributed by atoms with Crippen LogP contribution in [0.3, 0.4) is 0 Å². The van der Waals surface area contributed by atoms with Gasteiger partial charge in [0.25, 0.3) is 0 Å². The molecular formula is C21H31Cl2N3O. The van der Waals surface area contributed by atoms with Gasteiger partial charge in [0.15, 0.2) is 0 Å². The molecule has 0 heterocycles. The average Bonchev–Trinajstić information content (AvgIpc) is 2.59. The number of hydrogen-bond acceptors (Lipinski definition) is 3. The topological polar surface area (TPSA) is 58.4 Å². The number of hydrogen-bond donors (Lipinski definition) is 2. The van der Waals surface area contributed by atoms with Crippen molar-refractivity contribution >= 4 is 30.7 Å². The Morgan fingerprint density at radius 2 is 1.37 bits per heavy atom. The lowest BCUT2D eigenvalue weighted by Crippen LogP contribution is -2.49. The number of nitrogens with one attached hydrogen (secondary N) is 1. The molecule has 3 N–H and O–H groups in total. The fourth-order valence-corrected chi connectivity index (χ4v) is 2.63. The first-order valence-electron chi connectivity index (χ1n) is 8.82. The highest BCUT2D eigenvalue weighted by atomic mass is 35.5. The van der Waals surface area contributed by atoms with Gasteiger partial charge in [-0.25, -0.2) is 0 Å². The van der Waals surface area contributed by atoms with Gasteiger partial charge in [0.2, 0.25) is 5.91 Å². The van der Waals surface area contributed by atoms with Crippen LogP contribution >= 0.6 is 24.8 Å². The monoisotopic (exact) mass is 411 g/mol. The third-order valence-corrected chi connectivity index (χ3v) is 4.02. The predicted molar refractivity (Wildman–Crippen MR) is 117 cm³/mol. The van der Waals surface area contributed by atoms with E-state index >= 15 is 0 Å². The van der Waals surface area contributed by atoms with Crippen molar-refractivity contribution in [2.75, 3.05) is 13.1 Å². The van der Waals surface area contributed by atoms with Crippen LogP contribution in [0.5, 0.6) is 0 Å². The smallest absolute Gasteiger partial charge is 0.239 e. The van der Waals surface area contributed by atoms with Crippen molar-refractivity contribution in [2.24, 2.45) is 5.73 Å². The van der Waals surface area contributed by atoms with Crippen LogP contribution in [0.25, 0.3) is 0 Å². The fraction of sp³-hybridized carbons (Fsp3) is 0.381. The predicted octanol–water partition coefficient (Wildman–Crippen LogP) is 3.78. The maximum absolute atomic E-state index is 11.8. The summed E-state index contributed by atoms with van der Waals surface area (Å²) in [5.74, 6) is -0.106. The van der Waals surface area contributed by atoms with Crippen molar-refractivity contribution in [3.05, 3.63) is 71.8 Å². The van der Waals surface area contributed by atoms with Crippen molar-refractivity contribution in [3.63, 3.8) is 0 Å². The van der Waals surface area contributed by atoms with Crippen molar-refractivity contribution < 1.29 is 4.79 Å². The van der Waals surface area contributed by atoms with Gasteiger partial charge in [0, 0.05) is 26.2 Å². The van der Waals surface area contributed by atoms with E-state index in [1.54, 1.807) is 13.8 Å². The van der Waals surface area contributed by atoms with Crippen LogP contribution in [0.2, 0.25) is 0 Å². The Morgan fingerprint density at radius 1 is 0.926 bits per heavy atom. The van der Waals surface area contributed by atoms with E-state index in [0.29, 0.717) is 6.54 Å². The SMILES string of the molecule is CC(C)(N)C(=O)NCCCN(Cc1ccccc1)Cc1ccccc1.Cl.Cl. The number of carbonyl (C=O) groups excluding carboxylic acids is 1. The largest absolute Gasteiger partial charge is 0.354 e. The highest BCUT2D eigenvalue weighted by Gasteiger charge is 2.20. The Kier molecular flexibility index (Phi) is 12.0. The van der Waals surface area contributed by atoms with E-state index in [9.17, 15) is 4.79 Å². The van der Waals surface area contributed by atoms with Crippen molar-refractivity contribution in [1.29, 1.82) is 0 Å². The van der Waals surface area contributed by atoms with Gasteiger partial charge in [0.1, 0.15) is 0 Å². The molecule has 0 saturated heterocycles. The summed E-state index contributed by atoms with van der Waals surface area (Å²) in [5, 5.41) is 2.92. The molecule has 6 heteroatoms. The van der Waals surface area contributed by atoms with Gasteiger partial charge in [-0.1, -0.05) is 60.7 Å². The first-order valence-corrected chi connectivity index (χ1v) is 8.82. The number of halogens is 2. The van der Waals surface area contributed by atoms with E-state index in [2.05, 4.69) is 58.7 Å². The number of amides is 1. The zero-order valence-electron chi connectivity index (χ0n) is 16.1. The molecule has 27 heavy (non-hydrogen) atoms. The molecule has 0 spiro atoms. The number of nitrogens with two attached hydrogens (primary N) is 1. The van der Waals surface area contributed by atoms with Crippen molar-refractivity contribution in [3.8, 4) is 0 Å². The van der Waals surface area contributed by atoms with Gasteiger partial charge in [0.05, 0.1) is 5.54 Å². The Balaban J connectivity index is 0.00000338. The van der Waals surface area contributed by atoms with Crippen molar-refractivity contribution in [1.82, 2.24) is 10.2 Å². The second kappa shape index (κ2) is 12.7. The first-order chi connectivity index (χ1) is 11.9. The van der Waals surface area contributed by atoms with Gasteiger partial charge < -0.3 is 11.1 Å². The minimum atomic E-state index is -0.826. The molecule has 0 atom stereocenters. The van der Waals surface area contributed by atoms with E-state index in [4.69, 9.17) is 5.73 Å². The van der Waals surface area contributed by atoms with E-state index in [1.165, 1.54) is 11.1 Å². The zero-order chi connectivity index (χ0) is 18.1. The summed E-state index contributed by atoms with van der Waals surface area (Å²) >= 11 is 0. The molecule has 4 nitrogen and oxygen atoms in total. The number of carbonyl (C=O) groups is 1. The van der Waals surface area contributed by atoms with E-state index < -0.39 is 5.54 Å². The average molecular weight is 412 g/mol.